The highest BCUT2D eigenvalue weighted by molar-refractivity contribution is 6.12. The van der Waals surface area contributed by atoms with Gasteiger partial charge in [-0.1, -0.05) is 43.7 Å². The average molecular weight is 1100 g/mol. The van der Waals surface area contributed by atoms with Gasteiger partial charge in [-0.25, -0.2) is 14.2 Å². The minimum absolute atomic E-state index is 0.00997. The Bertz CT molecular complexity index is 3200. The van der Waals surface area contributed by atoms with E-state index in [1.807, 2.05) is 11.0 Å². The molecule has 80 heavy (non-hydrogen) atoms. The maximum Gasteiger partial charge on any atom is 0.343 e. The lowest BCUT2D eigenvalue weighted by Gasteiger charge is -2.31. The van der Waals surface area contributed by atoms with Crippen molar-refractivity contribution < 1.29 is 62.5 Å². The van der Waals surface area contributed by atoms with E-state index in [1.165, 1.54) is 22.8 Å². The van der Waals surface area contributed by atoms with Gasteiger partial charge in [-0.15, -0.1) is 0 Å². The quantitative estimate of drug-likeness (QED) is 0.0238. The minimum Gasteiger partial charge on any atom is -0.458 e. The second kappa shape index (κ2) is 26.0. The summed E-state index contributed by atoms with van der Waals surface area (Å²) in [4.78, 5) is 136. The summed E-state index contributed by atoms with van der Waals surface area (Å²) in [6, 6.07) is 10.4. The van der Waals surface area contributed by atoms with Crippen molar-refractivity contribution in [2.75, 3.05) is 45.9 Å². The molecular weight excluding hydrogens is 1040 g/mol. The number of ketones is 2. The van der Waals surface area contributed by atoms with Crippen molar-refractivity contribution in [1.82, 2.24) is 40.6 Å². The van der Waals surface area contributed by atoms with E-state index in [-0.39, 0.29) is 151 Å². The SMILES string of the molecule is CC[C@@]1(O)C(=O)OCc2c1cc1n(c2=O)Cc2c-1nc1cc(F)c(C)c3c1c2[C@@H](NC(=O)CCN(CCO)CCNC(=O)CCC(=O)[C@H](Cc1ccccc1)NC(=O)CCC(=O)CNC(=O)CCCCCN1C(=O)C=CC1=O)CC3. The Morgan fingerprint density at radius 2 is 1.59 bits per heavy atom. The van der Waals surface area contributed by atoms with Gasteiger partial charge in [-0.2, -0.15) is 0 Å². The molecule has 2 aromatic heterocycles. The van der Waals surface area contributed by atoms with Crippen LogP contribution in [0.4, 0.5) is 4.39 Å². The predicted octanol–water partition coefficient (Wildman–Crippen LogP) is 2.46. The second-order valence-electron chi connectivity index (χ2n) is 20.7. The maximum atomic E-state index is 15.5. The zero-order valence-electron chi connectivity index (χ0n) is 45.0. The van der Waals surface area contributed by atoms with Crippen molar-refractivity contribution in [3.05, 3.63) is 110 Å². The third kappa shape index (κ3) is 13.3. The Balaban J connectivity index is 0.804. The van der Waals surface area contributed by atoms with E-state index in [2.05, 4.69) is 21.3 Å². The molecule has 4 aliphatic rings. The number of unbranched alkanes of at least 4 members (excludes halogenated alkanes) is 2. The Morgan fingerprint density at radius 1 is 0.850 bits per heavy atom. The molecule has 0 saturated heterocycles. The van der Waals surface area contributed by atoms with Crippen LogP contribution in [0, 0.1) is 12.7 Å². The highest BCUT2D eigenvalue weighted by Gasteiger charge is 2.46. The molecule has 8 rings (SSSR count). The third-order valence-electron chi connectivity index (χ3n) is 15.4. The zero-order chi connectivity index (χ0) is 57.3. The second-order valence-corrected chi connectivity index (χ2v) is 20.7. The van der Waals surface area contributed by atoms with Crippen LogP contribution in [0.2, 0.25) is 0 Å². The van der Waals surface area contributed by atoms with Crippen LogP contribution >= 0.6 is 0 Å². The van der Waals surface area contributed by atoms with Crippen molar-refractivity contribution in [3.8, 4) is 11.4 Å². The summed E-state index contributed by atoms with van der Waals surface area (Å²) in [5.74, 6) is -4.44. The monoisotopic (exact) mass is 1100 g/mol. The summed E-state index contributed by atoms with van der Waals surface area (Å²) < 4.78 is 22.2. The lowest BCUT2D eigenvalue weighted by Crippen LogP contribution is -2.44. The van der Waals surface area contributed by atoms with Crippen LogP contribution in [-0.2, 0) is 79.5 Å². The number of carbonyl (C=O) groups is 9. The lowest BCUT2D eigenvalue weighted by atomic mass is 9.81. The first-order valence-corrected chi connectivity index (χ1v) is 27.3. The number of amides is 6. The number of hydrogen-bond donors (Lipinski definition) is 6. The number of carbonyl (C=O) groups excluding carboxylic acids is 9. The summed E-state index contributed by atoms with van der Waals surface area (Å²) in [6.45, 7) is 3.64. The molecule has 21 nitrogen and oxygen atoms in total. The molecule has 424 valence electrons. The summed E-state index contributed by atoms with van der Waals surface area (Å²) >= 11 is 0. The molecule has 0 saturated carbocycles. The van der Waals surface area contributed by atoms with Gasteiger partial charge in [0.25, 0.3) is 17.4 Å². The fraction of sp³-hybridized carbons (Fsp3) is 0.466. The molecule has 6 amide bonds. The van der Waals surface area contributed by atoms with Crippen molar-refractivity contribution in [3.63, 3.8) is 0 Å². The fourth-order valence-electron chi connectivity index (χ4n) is 10.9. The standard InChI is InChI=1S/C58H67FN8O13/c1-3-58(79)40-29-45-55-38(32-67(45)56(77)39(40)33-80-57(58)78)54-42(15-14-37-34(2)41(59)30-44(64-55)53(37)54)62-50(74)21-24-65(26-27-68)25-22-60-48(72)18-16-46(70)43(28-35-10-6-4-7-11-35)63-49(73)17-13-36(69)31-61-47(71)12-8-5-9-23-66-51(75)19-20-52(66)76/h4,6-7,10-11,19-20,29-30,42-43,68,79H,3,5,8-9,12-18,21-28,31-33H2,1-2H3,(H,60,72)(H,61,71)(H,62,74)(H,63,73)/t42-,43-,58-/m0/s1. The molecule has 2 aromatic carbocycles. The van der Waals surface area contributed by atoms with Crippen molar-refractivity contribution in [2.24, 2.45) is 0 Å². The van der Waals surface area contributed by atoms with Crippen molar-refractivity contribution in [1.29, 1.82) is 0 Å². The molecule has 3 aliphatic heterocycles. The van der Waals surface area contributed by atoms with Crippen LogP contribution in [0.5, 0.6) is 0 Å². The zero-order valence-corrected chi connectivity index (χ0v) is 45.0. The average Bonchev–Trinajstić information content (AvgIpc) is 4.15. The van der Waals surface area contributed by atoms with Gasteiger partial charge in [-0.05, 0) is 73.8 Å². The lowest BCUT2D eigenvalue weighted by molar-refractivity contribution is -0.172. The molecule has 5 heterocycles. The van der Waals surface area contributed by atoms with E-state index < -0.39 is 52.6 Å². The molecular formula is C58H67FN8O13. The van der Waals surface area contributed by atoms with E-state index in [1.54, 1.807) is 44.2 Å². The number of Topliss-reactive ketones (excluding diaryl/α,β-unsaturated/α-hetero) is 2. The number of fused-ring (bicyclic) bond motifs is 5. The van der Waals surface area contributed by atoms with Crippen LogP contribution in [0.15, 0.2) is 59.4 Å². The van der Waals surface area contributed by atoms with Gasteiger partial charge in [-0.3, -0.25) is 53.0 Å². The number of aromatic nitrogens is 2. The Labute approximate surface area is 460 Å². The van der Waals surface area contributed by atoms with E-state index >= 15 is 4.39 Å². The number of cyclic esters (lactones) is 1. The van der Waals surface area contributed by atoms with E-state index in [4.69, 9.17) is 9.72 Å². The number of hydrogen-bond acceptors (Lipinski definition) is 15. The van der Waals surface area contributed by atoms with Gasteiger partial charge in [0.05, 0.1) is 54.2 Å². The van der Waals surface area contributed by atoms with Crippen molar-refractivity contribution in [2.45, 2.75) is 128 Å². The first-order valence-electron chi connectivity index (χ1n) is 27.3. The largest absolute Gasteiger partial charge is 0.458 e. The van der Waals surface area contributed by atoms with Gasteiger partial charge in [0.1, 0.15) is 12.4 Å². The van der Waals surface area contributed by atoms with Crippen LogP contribution in [0.25, 0.3) is 22.3 Å². The number of aliphatic hydroxyl groups excluding tert-OH is 1. The Hall–Kier alpha value is -7.82. The summed E-state index contributed by atoms with van der Waals surface area (Å²) in [5, 5.41) is 33.2. The molecule has 0 spiro atoms. The molecule has 0 radical (unpaired) electrons. The number of imide groups is 1. The van der Waals surface area contributed by atoms with Gasteiger partial charge in [0.15, 0.2) is 17.2 Å². The molecule has 22 heteroatoms. The van der Waals surface area contributed by atoms with Crippen LogP contribution in [-0.4, -0.2) is 134 Å². The normalized spacial score (nSPS) is 17.2. The highest BCUT2D eigenvalue weighted by Crippen LogP contribution is 2.46. The Morgan fingerprint density at radius 3 is 2.33 bits per heavy atom. The molecule has 6 N–H and O–H groups in total. The fourth-order valence-corrected chi connectivity index (χ4v) is 10.9. The third-order valence-corrected chi connectivity index (χ3v) is 15.4. The minimum atomic E-state index is -2.04. The summed E-state index contributed by atoms with van der Waals surface area (Å²) in [5.41, 5.74) is 2.26. The van der Waals surface area contributed by atoms with E-state index in [0.29, 0.717) is 71.1 Å². The number of benzene rings is 2. The van der Waals surface area contributed by atoms with Gasteiger partial charge in [0, 0.05) is 106 Å². The number of aliphatic hydroxyl groups is 2. The maximum absolute atomic E-state index is 15.5. The number of halogens is 1. The van der Waals surface area contributed by atoms with E-state index in [9.17, 15) is 58.2 Å². The predicted molar refractivity (Wildman–Crippen MR) is 287 cm³/mol. The van der Waals surface area contributed by atoms with Gasteiger partial charge >= 0.3 is 5.97 Å². The number of ether oxygens (including phenoxy) is 1. The van der Waals surface area contributed by atoms with Gasteiger partial charge in [0.2, 0.25) is 23.6 Å². The topological polar surface area (TPSA) is 293 Å². The first-order chi connectivity index (χ1) is 38.4. The number of nitrogens with one attached hydrogen (secondary N) is 4. The van der Waals surface area contributed by atoms with Crippen LogP contribution in [0.3, 0.4) is 0 Å². The van der Waals surface area contributed by atoms with Gasteiger partial charge < -0.3 is 40.8 Å². The number of rotatable bonds is 28. The number of pyridine rings is 2. The molecule has 0 bridgehead atoms. The molecule has 0 unspecified atom stereocenters. The number of aryl methyl sites for hydroxylation is 1. The summed E-state index contributed by atoms with van der Waals surface area (Å²) in [6.07, 6.45) is 4.38. The van der Waals surface area contributed by atoms with Crippen molar-refractivity contribution >= 4 is 63.9 Å². The molecule has 3 atom stereocenters. The first kappa shape index (κ1) is 58.3. The highest BCUT2D eigenvalue weighted by atomic mass is 19.1. The van der Waals surface area contributed by atoms with Crippen LogP contribution in [0.1, 0.15) is 123 Å². The Kier molecular flexibility index (Phi) is 18.9. The van der Waals surface area contributed by atoms with Crippen LogP contribution < -0.4 is 26.8 Å². The number of esters is 1. The summed E-state index contributed by atoms with van der Waals surface area (Å²) in [7, 11) is 0. The molecule has 4 aromatic rings. The van der Waals surface area contributed by atoms with E-state index in [0.717, 1.165) is 16.0 Å². The molecule has 0 fully saturated rings. The number of nitrogens with zero attached hydrogens (tertiary/aromatic N) is 4. The molecule has 1 aliphatic carbocycles. The smallest absolute Gasteiger partial charge is 0.343 e.